The number of hydrogen-bond acceptors (Lipinski definition) is 5. The Kier molecular flexibility index (Phi) is 4.77. The third-order valence-corrected chi connectivity index (χ3v) is 5.10. The Hall–Kier alpha value is -2.58. The van der Waals surface area contributed by atoms with Crippen LogP contribution in [0, 0.1) is 0 Å². The minimum atomic E-state index is -0.0581. The normalized spacial score (nSPS) is 11.3. The number of amides is 1. The highest BCUT2D eigenvalue weighted by Crippen LogP contribution is 2.24. The molecule has 4 rings (SSSR count). The summed E-state index contributed by atoms with van der Waals surface area (Å²) in [5.41, 5.74) is 3.47. The molecule has 0 radical (unpaired) electrons. The Morgan fingerprint density at radius 3 is 3.04 bits per heavy atom. The molecular weight excluding hydrogens is 372 g/mol. The lowest BCUT2D eigenvalue weighted by molar-refractivity contribution is -0.118. The summed E-state index contributed by atoms with van der Waals surface area (Å²) >= 11 is 7.19. The quantitative estimate of drug-likeness (QED) is 0.269. The number of benzene rings is 1. The van der Waals surface area contributed by atoms with Crippen LogP contribution >= 0.6 is 23.4 Å². The third kappa shape index (κ3) is 3.51. The number of thioether (sulfide) groups is 1. The Bertz CT molecular complexity index is 1080. The second-order valence-electron chi connectivity index (χ2n) is 5.65. The molecule has 132 valence electrons. The molecule has 0 unspecified atom stereocenters. The number of rotatable bonds is 6. The zero-order chi connectivity index (χ0) is 17.9. The minimum absolute atomic E-state index is 0.0581. The smallest absolute Gasteiger partial charge is 0.230 e. The molecule has 0 fully saturated rings. The first-order chi connectivity index (χ1) is 12.7. The van der Waals surface area contributed by atoms with Crippen molar-refractivity contribution in [3.05, 3.63) is 47.6 Å². The molecule has 0 saturated heterocycles. The summed E-state index contributed by atoms with van der Waals surface area (Å²) in [6.07, 6.45) is 4.29. The van der Waals surface area contributed by atoms with Gasteiger partial charge in [-0.1, -0.05) is 30.0 Å². The van der Waals surface area contributed by atoms with Gasteiger partial charge in [0.15, 0.2) is 5.65 Å². The highest BCUT2D eigenvalue weighted by Gasteiger charge is 2.12. The summed E-state index contributed by atoms with van der Waals surface area (Å²) in [4.78, 5) is 30.6. The van der Waals surface area contributed by atoms with E-state index in [9.17, 15) is 4.79 Å². The molecule has 26 heavy (non-hydrogen) atoms. The van der Waals surface area contributed by atoms with Crippen LogP contribution < -0.4 is 5.32 Å². The van der Waals surface area contributed by atoms with Crippen LogP contribution in [0.15, 0.2) is 41.8 Å². The van der Waals surface area contributed by atoms with Gasteiger partial charge >= 0.3 is 0 Å². The average molecular weight is 387 g/mol. The summed E-state index contributed by atoms with van der Waals surface area (Å²) in [6.45, 7) is 0.575. The molecule has 1 amide bonds. The number of halogens is 1. The van der Waals surface area contributed by atoms with Crippen LogP contribution in [-0.2, 0) is 11.2 Å². The second kappa shape index (κ2) is 7.35. The molecule has 0 atom stereocenters. The van der Waals surface area contributed by atoms with E-state index in [4.69, 9.17) is 11.6 Å². The molecule has 0 aliphatic rings. The van der Waals surface area contributed by atoms with E-state index in [2.05, 4.69) is 36.3 Å². The lowest BCUT2D eigenvalue weighted by atomic mass is 10.1. The van der Waals surface area contributed by atoms with Crippen LogP contribution in [-0.4, -0.2) is 43.1 Å². The molecule has 0 spiro atoms. The molecule has 3 heterocycles. The summed E-state index contributed by atoms with van der Waals surface area (Å²) in [5.74, 6) is 0.187. The maximum absolute atomic E-state index is 12.1. The van der Waals surface area contributed by atoms with Gasteiger partial charge in [0.25, 0.3) is 0 Å². The average Bonchev–Trinajstić information content (AvgIpc) is 3.27. The standard InChI is InChI=1S/C17H15ClN6OS/c18-17-23-15-14(21-9-22-15)16(24-17)26-8-13(25)19-6-5-10-7-20-12-4-2-1-3-11(10)12/h1-4,7,9,20H,5-6,8H2,(H,19,25)(H,21,22,23,24). The second-order valence-corrected chi connectivity index (χ2v) is 6.95. The lowest BCUT2D eigenvalue weighted by Gasteiger charge is -2.05. The van der Waals surface area contributed by atoms with Gasteiger partial charge in [0.05, 0.1) is 12.1 Å². The van der Waals surface area contributed by atoms with Crippen molar-refractivity contribution < 1.29 is 4.79 Å². The van der Waals surface area contributed by atoms with E-state index in [1.807, 2.05) is 24.4 Å². The van der Waals surface area contributed by atoms with Crippen molar-refractivity contribution in [2.24, 2.45) is 0 Å². The van der Waals surface area contributed by atoms with Gasteiger partial charge in [-0.3, -0.25) is 4.79 Å². The van der Waals surface area contributed by atoms with Gasteiger partial charge in [0.1, 0.15) is 10.5 Å². The van der Waals surface area contributed by atoms with Crippen LogP contribution in [0.25, 0.3) is 22.1 Å². The van der Waals surface area contributed by atoms with Crippen molar-refractivity contribution in [1.82, 2.24) is 30.2 Å². The minimum Gasteiger partial charge on any atom is -0.361 e. The largest absolute Gasteiger partial charge is 0.361 e. The first kappa shape index (κ1) is 16.9. The van der Waals surface area contributed by atoms with E-state index < -0.39 is 0 Å². The molecular formula is C17H15ClN6OS. The number of imidazole rings is 1. The zero-order valence-electron chi connectivity index (χ0n) is 13.6. The van der Waals surface area contributed by atoms with Crippen molar-refractivity contribution in [3.8, 4) is 0 Å². The fourth-order valence-corrected chi connectivity index (χ4v) is 3.78. The summed E-state index contributed by atoms with van der Waals surface area (Å²) < 4.78 is 0. The van der Waals surface area contributed by atoms with Crippen molar-refractivity contribution in [2.75, 3.05) is 12.3 Å². The highest BCUT2D eigenvalue weighted by molar-refractivity contribution is 8.00. The number of para-hydroxylation sites is 1. The maximum Gasteiger partial charge on any atom is 0.230 e. The summed E-state index contributed by atoms with van der Waals surface area (Å²) in [5, 5.41) is 4.86. The first-order valence-corrected chi connectivity index (χ1v) is 9.38. The monoisotopic (exact) mass is 386 g/mol. The number of H-pyrrole nitrogens is 2. The number of hydrogen-bond donors (Lipinski definition) is 3. The topological polar surface area (TPSA) is 99.3 Å². The van der Waals surface area contributed by atoms with Gasteiger partial charge < -0.3 is 15.3 Å². The SMILES string of the molecule is O=C(CSc1nc(Cl)nc2nc[nH]c12)NCCc1c[nH]c2ccccc12. The van der Waals surface area contributed by atoms with E-state index in [0.29, 0.717) is 22.7 Å². The number of aromatic amines is 2. The van der Waals surface area contributed by atoms with Crippen LogP contribution in [0.1, 0.15) is 5.56 Å². The van der Waals surface area contributed by atoms with Crippen molar-refractivity contribution in [2.45, 2.75) is 11.4 Å². The maximum atomic E-state index is 12.1. The van der Waals surface area contributed by atoms with E-state index in [1.165, 1.54) is 29.0 Å². The fourth-order valence-electron chi connectivity index (χ4n) is 2.75. The van der Waals surface area contributed by atoms with E-state index in [1.54, 1.807) is 0 Å². The summed E-state index contributed by atoms with van der Waals surface area (Å²) in [6, 6.07) is 8.13. The van der Waals surface area contributed by atoms with Crippen molar-refractivity contribution in [1.29, 1.82) is 0 Å². The molecule has 9 heteroatoms. The molecule has 0 aliphatic carbocycles. The van der Waals surface area contributed by atoms with Crippen LogP contribution in [0.5, 0.6) is 0 Å². The molecule has 0 bridgehead atoms. The van der Waals surface area contributed by atoms with Crippen LogP contribution in [0.4, 0.5) is 0 Å². The molecule has 1 aromatic carbocycles. The van der Waals surface area contributed by atoms with Crippen molar-refractivity contribution in [3.63, 3.8) is 0 Å². The van der Waals surface area contributed by atoms with E-state index in [-0.39, 0.29) is 16.9 Å². The first-order valence-electron chi connectivity index (χ1n) is 8.02. The number of aromatic nitrogens is 5. The van der Waals surface area contributed by atoms with Gasteiger partial charge in [-0.15, -0.1) is 0 Å². The molecule has 3 aromatic heterocycles. The molecule has 4 aromatic rings. The van der Waals surface area contributed by atoms with E-state index >= 15 is 0 Å². The van der Waals surface area contributed by atoms with Crippen molar-refractivity contribution >= 4 is 51.3 Å². The third-order valence-electron chi connectivity index (χ3n) is 3.96. The number of nitrogens with zero attached hydrogens (tertiary/aromatic N) is 3. The molecule has 3 N–H and O–H groups in total. The van der Waals surface area contributed by atoms with Gasteiger partial charge in [0, 0.05) is 23.6 Å². The summed E-state index contributed by atoms with van der Waals surface area (Å²) in [7, 11) is 0. The molecule has 0 saturated carbocycles. The van der Waals surface area contributed by atoms with E-state index in [0.717, 1.165) is 11.9 Å². The Labute approximate surface area is 158 Å². The van der Waals surface area contributed by atoms with Gasteiger partial charge in [-0.25, -0.2) is 9.97 Å². The lowest BCUT2D eigenvalue weighted by Crippen LogP contribution is -2.27. The van der Waals surface area contributed by atoms with Gasteiger partial charge in [0.2, 0.25) is 11.2 Å². The fraction of sp³-hybridized carbons (Fsp3) is 0.176. The highest BCUT2D eigenvalue weighted by atomic mass is 35.5. The van der Waals surface area contributed by atoms with Gasteiger partial charge in [-0.05, 0) is 29.7 Å². The van der Waals surface area contributed by atoms with Crippen LogP contribution in [0.2, 0.25) is 5.28 Å². The molecule has 0 aliphatic heterocycles. The van der Waals surface area contributed by atoms with Crippen LogP contribution in [0.3, 0.4) is 0 Å². The number of carbonyl (C=O) groups is 1. The Balaban J connectivity index is 1.32. The number of nitrogens with one attached hydrogen (secondary N) is 3. The molecule has 7 nitrogen and oxygen atoms in total. The predicted molar refractivity (Wildman–Crippen MR) is 102 cm³/mol. The Morgan fingerprint density at radius 2 is 2.12 bits per heavy atom. The predicted octanol–water partition coefficient (Wildman–Crippen LogP) is 2.94. The zero-order valence-corrected chi connectivity index (χ0v) is 15.2. The van der Waals surface area contributed by atoms with Gasteiger partial charge in [-0.2, -0.15) is 4.98 Å². The number of carbonyl (C=O) groups excluding carboxylic acids is 1. The Morgan fingerprint density at radius 1 is 1.23 bits per heavy atom. The number of fused-ring (bicyclic) bond motifs is 2.